The first kappa shape index (κ1) is 22.1. The summed E-state index contributed by atoms with van der Waals surface area (Å²) in [6, 6.07) is 11.3. The van der Waals surface area contributed by atoms with Crippen LogP contribution in [-0.4, -0.2) is 69.9 Å². The molecule has 32 heavy (non-hydrogen) atoms. The molecule has 2 aromatic heterocycles. The smallest absolute Gasteiger partial charge is 0.224 e. The maximum Gasteiger partial charge on any atom is 0.224 e. The molecule has 0 spiro atoms. The third kappa shape index (κ3) is 5.77. The van der Waals surface area contributed by atoms with Gasteiger partial charge in [-0.2, -0.15) is 5.10 Å². The minimum atomic E-state index is -0.106. The van der Waals surface area contributed by atoms with E-state index in [0.717, 1.165) is 50.3 Å². The Balaban J connectivity index is 1.41. The van der Waals surface area contributed by atoms with E-state index in [-0.39, 0.29) is 11.3 Å². The molecule has 1 aliphatic rings. The van der Waals surface area contributed by atoms with Crippen LogP contribution in [0.5, 0.6) is 0 Å². The predicted octanol–water partition coefficient (Wildman–Crippen LogP) is 1.93. The standard InChI is InChI=1S/C24H29N5O3/c30-23-18-26-29(22-5-2-1-4-21(22)23)13-8-24(31)28(19-20-6-9-25-10-7-20)12-3-11-27-14-16-32-17-15-27/h1-2,4-7,9-10,18H,3,8,11-17,19H2. The van der Waals surface area contributed by atoms with Gasteiger partial charge in [0.15, 0.2) is 0 Å². The van der Waals surface area contributed by atoms with Crippen molar-refractivity contribution in [3.05, 3.63) is 70.8 Å². The molecule has 8 heteroatoms. The molecule has 0 aliphatic carbocycles. The van der Waals surface area contributed by atoms with Crippen LogP contribution in [0.4, 0.5) is 0 Å². The number of pyridine rings is 1. The van der Waals surface area contributed by atoms with Crippen molar-refractivity contribution in [1.29, 1.82) is 0 Å². The molecule has 3 heterocycles. The molecule has 1 fully saturated rings. The van der Waals surface area contributed by atoms with Gasteiger partial charge >= 0.3 is 0 Å². The highest BCUT2D eigenvalue weighted by Gasteiger charge is 2.16. The fourth-order valence-electron chi connectivity index (χ4n) is 4.01. The van der Waals surface area contributed by atoms with E-state index in [2.05, 4.69) is 15.0 Å². The molecule has 0 unspecified atom stereocenters. The Morgan fingerprint density at radius 2 is 1.84 bits per heavy atom. The Bertz CT molecular complexity index is 1080. The number of ether oxygens (including phenoxy) is 1. The Morgan fingerprint density at radius 3 is 2.66 bits per heavy atom. The first-order valence-corrected chi connectivity index (χ1v) is 11.1. The second-order valence-electron chi connectivity index (χ2n) is 7.98. The lowest BCUT2D eigenvalue weighted by molar-refractivity contribution is -0.132. The van der Waals surface area contributed by atoms with Crippen LogP contribution >= 0.6 is 0 Å². The van der Waals surface area contributed by atoms with E-state index in [1.54, 1.807) is 23.1 Å². The summed E-state index contributed by atoms with van der Waals surface area (Å²) in [7, 11) is 0. The lowest BCUT2D eigenvalue weighted by Gasteiger charge is -2.28. The number of nitrogens with zero attached hydrogens (tertiary/aromatic N) is 5. The van der Waals surface area contributed by atoms with Gasteiger partial charge in [0.1, 0.15) is 0 Å². The van der Waals surface area contributed by atoms with Crippen molar-refractivity contribution in [2.75, 3.05) is 39.4 Å². The van der Waals surface area contributed by atoms with Gasteiger partial charge in [-0.3, -0.25) is 24.2 Å². The molecule has 1 aliphatic heterocycles. The second kappa shape index (κ2) is 11.0. The van der Waals surface area contributed by atoms with Crippen molar-refractivity contribution in [3.63, 3.8) is 0 Å². The molecule has 3 aromatic rings. The number of amides is 1. The molecular weight excluding hydrogens is 406 g/mol. The van der Waals surface area contributed by atoms with Gasteiger partial charge < -0.3 is 9.64 Å². The summed E-state index contributed by atoms with van der Waals surface area (Å²) < 4.78 is 7.16. The van der Waals surface area contributed by atoms with E-state index in [4.69, 9.17) is 4.74 Å². The van der Waals surface area contributed by atoms with Crippen molar-refractivity contribution in [2.45, 2.75) is 25.9 Å². The molecule has 0 saturated carbocycles. The van der Waals surface area contributed by atoms with Crippen molar-refractivity contribution >= 4 is 16.8 Å². The number of morpholine rings is 1. The van der Waals surface area contributed by atoms with Gasteiger partial charge in [-0.1, -0.05) is 12.1 Å². The van der Waals surface area contributed by atoms with Gasteiger partial charge in [-0.05, 0) is 36.2 Å². The fourth-order valence-corrected chi connectivity index (χ4v) is 4.01. The van der Waals surface area contributed by atoms with Gasteiger partial charge in [-0.25, -0.2) is 0 Å². The average Bonchev–Trinajstić information content (AvgIpc) is 2.84. The molecule has 8 nitrogen and oxygen atoms in total. The number of carbonyl (C=O) groups is 1. The topological polar surface area (TPSA) is 80.6 Å². The Labute approximate surface area is 187 Å². The fraction of sp³-hybridized carbons (Fsp3) is 0.417. The summed E-state index contributed by atoms with van der Waals surface area (Å²) in [5.74, 6) is 0.0772. The normalized spacial score (nSPS) is 14.5. The van der Waals surface area contributed by atoms with E-state index in [1.165, 1.54) is 6.20 Å². The number of fused-ring (bicyclic) bond motifs is 1. The Hall–Kier alpha value is -3.10. The highest BCUT2D eigenvalue weighted by Crippen LogP contribution is 2.11. The number of carbonyl (C=O) groups excluding carboxylic acids is 1. The van der Waals surface area contributed by atoms with Crippen LogP contribution in [0.1, 0.15) is 18.4 Å². The molecule has 0 bridgehead atoms. The van der Waals surface area contributed by atoms with Crippen LogP contribution in [0.3, 0.4) is 0 Å². The number of hydrogen-bond acceptors (Lipinski definition) is 6. The van der Waals surface area contributed by atoms with Gasteiger partial charge in [0, 0.05) is 56.9 Å². The number of benzene rings is 1. The minimum absolute atomic E-state index is 0.0772. The largest absolute Gasteiger partial charge is 0.379 e. The summed E-state index contributed by atoms with van der Waals surface area (Å²) in [5.41, 5.74) is 1.71. The van der Waals surface area contributed by atoms with Crippen molar-refractivity contribution in [2.24, 2.45) is 0 Å². The van der Waals surface area contributed by atoms with Gasteiger partial charge in [-0.15, -0.1) is 0 Å². The van der Waals surface area contributed by atoms with Crippen LogP contribution in [0.25, 0.3) is 10.9 Å². The zero-order valence-electron chi connectivity index (χ0n) is 18.2. The van der Waals surface area contributed by atoms with Crippen LogP contribution in [0, 0.1) is 0 Å². The number of rotatable bonds is 9. The van der Waals surface area contributed by atoms with E-state index in [9.17, 15) is 9.59 Å². The monoisotopic (exact) mass is 435 g/mol. The summed E-state index contributed by atoms with van der Waals surface area (Å²) >= 11 is 0. The third-order valence-electron chi connectivity index (χ3n) is 5.78. The maximum atomic E-state index is 13.2. The van der Waals surface area contributed by atoms with E-state index in [0.29, 0.717) is 31.4 Å². The van der Waals surface area contributed by atoms with Crippen molar-refractivity contribution in [3.8, 4) is 0 Å². The third-order valence-corrected chi connectivity index (χ3v) is 5.78. The molecular formula is C24H29N5O3. The SMILES string of the molecule is O=C(CCn1ncc(=O)c2ccccc21)N(CCCN1CCOCC1)Cc1ccncc1. The number of aromatic nitrogens is 3. The van der Waals surface area contributed by atoms with Crippen LogP contribution in [0.15, 0.2) is 59.8 Å². The molecule has 4 rings (SSSR count). The summed E-state index contributed by atoms with van der Waals surface area (Å²) in [4.78, 5) is 33.6. The Kier molecular flexibility index (Phi) is 7.58. The number of aryl methyl sites for hydroxylation is 1. The lowest BCUT2D eigenvalue weighted by Crippen LogP contribution is -2.39. The maximum absolute atomic E-state index is 13.2. The zero-order chi connectivity index (χ0) is 22.2. The first-order valence-electron chi connectivity index (χ1n) is 11.1. The molecule has 1 amide bonds. The van der Waals surface area contributed by atoms with E-state index >= 15 is 0 Å². The second-order valence-corrected chi connectivity index (χ2v) is 7.98. The van der Waals surface area contributed by atoms with Crippen LogP contribution < -0.4 is 5.43 Å². The van der Waals surface area contributed by atoms with Gasteiger partial charge in [0.25, 0.3) is 0 Å². The zero-order valence-corrected chi connectivity index (χ0v) is 18.2. The van der Waals surface area contributed by atoms with Gasteiger partial charge in [0.2, 0.25) is 11.3 Å². The highest BCUT2D eigenvalue weighted by molar-refractivity contribution is 5.79. The quantitative estimate of drug-likeness (QED) is 0.511. The number of hydrogen-bond donors (Lipinski definition) is 0. The predicted molar refractivity (Wildman–Crippen MR) is 122 cm³/mol. The van der Waals surface area contributed by atoms with Gasteiger partial charge in [0.05, 0.1) is 31.5 Å². The van der Waals surface area contributed by atoms with E-state index in [1.807, 2.05) is 35.2 Å². The van der Waals surface area contributed by atoms with Crippen molar-refractivity contribution < 1.29 is 9.53 Å². The Morgan fingerprint density at radius 1 is 1.06 bits per heavy atom. The minimum Gasteiger partial charge on any atom is -0.379 e. The van der Waals surface area contributed by atoms with Crippen LogP contribution in [0.2, 0.25) is 0 Å². The first-order chi connectivity index (χ1) is 15.7. The van der Waals surface area contributed by atoms with Crippen LogP contribution in [-0.2, 0) is 22.6 Å². The molecule has 0 N–H and O–H groups in total. The number of para-hydroxylation sites is 1. The lowest BCUT2D eigenvalue weighted by atomic mass is 10.2. The summed E-state index contributed by atoms with van der Waals surface area (Å²) in [6.07, 6.45) is 6.06. The molecule has 1 saturated heterocycles. The molecule has 1 aromatic carbocycles. The van der Waals surface area contributed by atoms with Crippen molar-refractivity contribution in [1.82, 2.24) is 24.6 Å². The average molecular weight is 436 g/mol. The molecule has 0 atom stereocenters. The molecule has 0 radical (unpaired) electrons. The highest BCUT2D eigenvalue weighted by atomic mass is 16.5. The van der Waals surface area contributed by atoms with E-state index < -0.39 is 0 Å². The summed E-state index contributed by atoms with van der Waals surface area (Å²) in [5, 5.41) is 4.87. The molecule has 168 valence electrons. The summed E-state index contributed by atoms with van der Waals surface area (Å²) in [6.45, 7) is 6.08.